The smallest absolute Gasteiger partial charge is 0.250 e. The van der Waals surface area contributed by atoms with Crippen LogP contribution in [0.1, 0.15) is 32.3 Å². The van der Waals surface area contributed by atoms with Gasteiger partial charge in [-0.1, -0.05) is 13.8 Å². The maximum absolute atomic E-state index is 12.3. The summed E-state index contributed by atoms with van der Waals surface area (Å²) in [6, 6.07) is 2.02. The Morgan fingerprint density at radius 1 is 1.50 bits per heavy atom. The Morgan fingerprint density at radius 2 is 2.30 bits per heavy atom. The zero-order valence-electron chi connectivity index (χ0n) is 11.9. The van der Waals surface area contributed by atoms with Gasteiger partial charge >= 0.3 is 0 Å². The molecule has 0 spiro atoms. The summed E-state index contributed by atoms with van der Waals surface area (Å²) < 4.78 is 33.0. The van der Waals surface area contributed by atoms with E-state index < -0.39 is 10.0 Å². The summed E-state index contributed by atoms with van der Waals surface area (Å²) >= 11 is 1.27. The van der Waals surface area contributed by atoms with Crippen LogP contribution in [0.25, 0.3) is 0 Å². The summed E-state index contributed by atoms with van der Waals surface area (Å²) in [5.74, 6) is 0. The molecule has 1 fully saturated rings. The highest BCUT2D eigenvalue weighted by atomic mass is 32.2. The van der Waals surface area contributed by atoms with Crippen LogP contribution < -0.4 is 10.0 Å². The van der Waals surface area contributed by atoms with Crippen molar-refractivity contribution in [2.75, 3.05) is 13.2 Å². The molecule has 7 heteroatoms. The van der Waals surface area contributed by atoms with E-state index in [1.54, 1.807) is 6.07 Å². The average molecular weight is 318 g/mol. The standard InChI is InChI=1S/C13H22N2O3S2/c1-10(2)14-7-11-6-13(19-9-11)20(16,17)15-12-4-3-5-18-8-12/h6,9-10,12,14-15H,3-5,7-8H2,1-2H3. The van der Waals surface area contributed by atoms with Gasteiger partial charge in [0.1, 0.15) is 4.21 Å². The molecule has 0 bridgehead atoms. The summed E-state index contributed by atoms with van der Waals surface area (Å²) in [6.07, 6.45) is 1.74. The number of hydrogen-bond donors (Lipinski definition) is 2. The van der Waals surface area contributed by atoms with Crippen LogP contribution in [0, 0.1) is 0 Å². The molecule has 1 saturated heterocycles. The molecule has 2 heterocycles. The highest BCUT2D eigenvalue weighted by Crippen LogP contribution is 2.21. The first kappa shape index (κ1) is 15.9. The van der Waals surface area contributed by atoms with E-state index in [0.717, 1.165) is 25.0 Å². The van der Waals surface area contributed by atoms with E-state index in [9.17, 15) is 8.42 Å². The zero-order valence-corrected chi connectivity index (χ0v) is 13.5. The number of hydrogen-bond acceptors (Lipinski definition) is 5. The molecule has 0 aliphatic carbocycles. The minimum Gasteiger partial charge on any atom is -0.380 e. The van der Waals surface area contributed by atoms with Crippen molar-refractivity contribution in [3.05, 3.63) is 17.0 Å². The van der Waals surface area contributed by atoms with Crippen LogP contribution in [-0.4, -0.2) is 33.7 Å². The van der Waals surface area contributed by atoms with Crippen LogP contribution in [0.3, 0.4) is 0 Å². The van der Waals surface area contributed by atoms with Crippen molar-refractivity contribution in [1.82, 2.24) is 10.0 Å². The lowest BCUT2D eigenvalue weighted by atomic mass is 10.1. The third-order valence-electron chi connectivity index (χ3n) is 3.09. The van der Waals surface area contributed by atoms with Crippen LogP contribution in [0.15, 0.2) is 15.7 Å². The number of thiophene rings is 1. The Bertz CT molecular complexity index is 519. The number of ether oxygens (including phenoxy) is 1. The van der Waals surface area contributed by atoms with Gasteiger partial charge in [-0.3, -0.25) is 0 Å². The van der Waals surface area contributed by atoms with Gasteiger partial charge in [0.05, 0.1) is 6.61 Å². The van der Waals surface area contributed by atoms with Crippen molar-refractivity contribution in [3.8, 4) is 0 Å². The van der Waals surface area contributed by atoms with E-state index in [1.165, 1.54) is 11.3 Å². The Hall–Kier alpha value is -0.470. The fourth-order valence-corrected chi connectivity index (χ4v) is 4.50. The summed E-state index contributed by atoms with van der Waals surface area (Å²) in [6.45, 7) is 6.01. The van der Waals surface area contributed by atoms with Crippen LogP contribution in [0.4, 0.5) is 0 Å². The molecule has 1 unspecified atom stereocenters. The highest BCUT2D eigenvalue weighted by Gasteiger charge is 2.23. The van der Waals surface area contributed by atoms with Gasteiger partial charge in [0, 0.05) is 25.2 Å². The van der Waals surface area contributed by atoms with Crippen LogP contribution in [0.5, 0.6) is 0 Å². The van der Waals surface area contributed by atoms with Gasteiger partial charge in [-0.15, -0.1) is 11.3 Å². The predicted octanol–water partition coefficient (Wildman–Crippen LogP) is 1.70. The van der Waals surface area contributed by atoms with E-state index in [1.807, 2.05) is 5.38 Å². The SMILES string of the molecule is CC(C)NCc1csc(S(=O)(=O)NC2CCCOC2)c1. The minimum absolute atomic E-state index is 0.104. The second-order valence-electron chi connectivity index (χ2n) is 5.34. The van der Waals surface area contributed by atoms with Gasteiger partial charge in [0.15, 0.2) is 0 Å². The van der Waals surface area contributed by atoms with Crippen molar-refractivity contribution in [2.24, 2.45) is 0 Å². The summed E-state index contributed by atoms with van der Waals surface area (Å²) in [4.78, 5) is 0. The molecular weight excluding hydrogens is 296 g/mol. The Kier molecular flexibility index (Phi) is 5.57. The normalized spacial score (nSPS) is 20.4. The quantitative estimate of drug-likeness (QED) is 0.838. The third kappa shape index (κ3) is 4.53. The molecule has 114 valence electrons. The average Bonchev–Trinajstić information content (AvgIpc) is 2.86. The molecule has 2 N–H and O–H groups in total. The molecule has 0 radical (unpaired) electrons. The molecular formula is C13H22N2O3S2. The monoisotopic (exact) mass is 318 g/mol. The molecule has 20 heavy (non-hydrogen) atoms. The topological polar surface area (TPSA) is 67.4 Å². The van der Waals surface area contributed by atoms with Crippen LogP contribution >= 0.6 is 11.3 Å². The summed E-state index contributed by atoms with van der Waals surface area (Å²) in [5.41, 5.74) is 1.00. The van der Waals surface area contributed by atoms with Gasteiger partial charge in [-0.25, -0.2) is 13.1 Å². The van der Waals surface area contributed by atoms with Gasteiger partial charge in [0.2, 0.25) is 10.0 Å². The van der Waals surface area contributed by atoms with E-state index in [4.69, 9.17) is 4.74 Å². The molecule has 1 aromatic heterocycles. The number of nitrogens with one attached hydrogen (secondary N) is 2. The second-order valence-corrected chi connectivity index (χ2v) is 8.20. The van der Waals surface area contributed by atoms with E-state index in [2.05, 4.69) is 23.9 Å². The number of sulfonamides is 1. The first-order chi connectivity index (χ1) is 9.47. The van der Waals surface area contributed by atoms with Gasteiger partial charge < -0.3 is 10.1 Å². The molecule has 0 saturated carbocycles. The predicted molar refractivity (Wildman–Crippen MR) is 80.5 cm³/mol. The minimum atomic E-state index is -3.42. The largest absolute Gasteiger partial charge is 0.380 e. The van der Waals surface area contributed by atoms with Crippen molar-refractivity contribution >= 4 is 21.4 Å². The Balaban J connectivity index is 1.98. The van der Waals surface area contributed by atoms with Crippen molar-refractivity contribution in [1.29, 1.82) is 0 Å². The van der Waals surface area contributed by atoms with Crippen molar-refractivity contribution in [2.45, 2.75) is 49.5 Å². The molecule has 1 aliphatic heterocycles. The fraction of sp³-hybridized carbons (Fsp3) is 0.692. The fourth-order valence-electron chi connectivity index (χ4n) is 2.02. The lowest BCUT2D eigenvalue weighted by Gasteiger charge is -2.22. The van der Waals surface area contributed by atoms with Crippen molar-refractivity contribution < 1.29 is 13.2 Å². The van der Waals surface area contributed by atoms with Gasteiger partial charge in [0.25, 0.3) is 0 Å². The van der Waals surface area contributed by atoms with E-state index in [-0.39, 0.29) is 6.04 Å². The van der Waals surface area contributed by atoms with Gasteiger partial charge in [-0.05, 0) is 29.9 Å². The lowest BCUT2D eigenvalue weighted by molar-refractivity contribution is 0.0774. The maximum atomic E-state index is 12.3. The van der Waals surface area contributed by atoms with E-state index >= 15 is 0 Å². The summed E-state index contributed by atoms with van der Waals surface area (Å²) in [7, 11) is -3.42. The summed E-state index contributed by atoms with van der Waals surface area (Å²) in [5, 5.41) is 5.17. The Morgan fingerprint density at radius 3 is 2.95 bits per heavy atom. The van der Waals surface area contributed by atoms with Crippen LogP contribution in [-0.2, 0) is 21.3 Å². The molecule has 0 amide bonds. The number of rotatable bonds is 6. The maximum Gasteiger partial charge on any atom is 0.250 e. The molecule has 0 aromatic carbocycles. The molecule has 1 aliphatic rings. The molecule has 5 nitrogen and oxygen atoms in total. The highest BCUT2D eigenvalue weighted by molar-refractivity contribution is 7.91. The second kappa shape index (κ2) is 7.00. The molecule has 1 atom stereocenters. The van der Waals surface area contributed by atoms with Gasteiger partial charge in [-0.2, -0.15) is 0 Å². The van der Waals surface area contributed by atoms with Crippen molar-refractivity contribution in [3.63, 3.8) is 0 Å². The molecule has 2 rings (SSSR count). The third-order valence-corrected chi connectivity index (χ3v) is 6.10. The zero-order chi connectivity index (χ0) is 14.6. The van der Waals surface area contributed by atoms with Crippen LogP contribution in [0.2, 0.25) is 0 Å². The first-order valence-corrected chi connectivity index (χ1v) is 9.24. The first-order valence-electron chi connectivity index (χ1n) is 6.88. The van der Waals surface area contributed by atoms with E-state index in [0.29, 0.717) is 23.4 Å². The lowest BCUT2D eigenvalue weighted by Crippen LogP contribution is -2.40. The Labute approximate surface area is 124 Å². The molecule has 1 aromatic rings.